The van der Waals surface area contributed by atoms with Gasteiger partial charge in [-0.05, 0) is 44.6 Å². The fourth-order valence-electron chi connectivity index (χ4n) is 4.24. The second-order valence-electron chi connectivity index (χ2n) is 8.23. The minimum absolute atomic E-state index is 0.0830. The number of hydrogen-bond acceptors (Lipinski definition) is 6. The number of carbonyl (C=O) groups excluding carboxylic acids is 2. The van der Waals surface area contributed by atoms with E-state index in [2.05, 4.69) is 18.7 Å². The summed E-state index contributed by atoms with van der Waals surface area (Å²) < 4.78 is 11.2. The number of Topliss-reactive ketones (excluding diaryl/α,β-unsaturated/α-hetero) is 1. The molecule has 2 aromatic carbocycles. The molecule has 0 unspecified atom stereocenters. The predicted octanol–water partition coefficient (Wildman–Crippen LogP) is 4.17. The number of carbonyl (C=O) groups is 2. The smallest absolute Gasteiger partial charge is 0.295 e. The molecule has 3 rings (SSSR count). The fraction of sp³-hybridized carbons (Fsp3) is 0.407. The number of likely N-dealkylation sites (tertiary alicyclic amines) is 1. The zero-order valence-electron chi connectivity index (χ0n) is 20.6. The summed E-state index contributed by atoms with van der Waals surface area (Å²) in [4.78, 5) is 30.1. The highest BCUT2D eigenvalue weighted by atomic mass is 16.5. The number of likely N-dealkylation sites (N-methyl/N-ethyl adjacent to an activating group) is 1. The normalized spacial score (nSPS) is 17.5. The van der Waals surface area contributed by atoms with E-state index in [0.717, 1.165) is 18.7 Å². The van der Waals surface area contributed by atoms with Crippen molar-refractivity contribution >= 4 is 17.4 Å². The van der Waals surface area contributed by atoms with Gasteiger partial charge in [0.2, 0.25) is 0 Å². The lowest BCUT2D eigenvalue weighted by molar-refractivity contribution is -0.140. The van der Waals surface area contributed by atoms with E-state index < -0.39 is 17.7 Å². The molecule has 0 radical (unpaired) electrons. The largest absolute Gasteiger partial charge is 0.507 e. The molecular formula is C27H34N2O5. The van der Waals surface area contributed by atoms with Crippen molar-refractivity contribution in [1.82, 2.24) is 9.80 Å². The summed E-state index contributed by atoms with van der Waals surface area (Å²) in [6.45, 7) is 11.1. The Morgan fingerprint density at radius 1 is 1.03 bits per heavy atom. The summed E-state index contributed by atoms with van der Waals surface area (Å²) in [5.41, 5.74) is 2.28. The fourth-order valence-corrected chi connectivity index (χ4v) is 4.24. The molecule has 0 bridgehead atoms. The summed E-state index contributed by atoms with van der Waals surface area (Å²) in [5.74, 6) is -0.396. The van der Waals surface area contributed by atoms with Gasteiger partial charge in [-0.25, -0.2) is 0 Å². The number of aliphatic hydroxyl groups excluding tert-OH is 1. The van der Waals surface area contributed by atoms with Crippen LogP contribution in [0.5, 0.6) is 11.5 Å². The molecule has 0 saturated carbocycles. The van der Waals surface area contributed by atoms with E-state index in [1.54, 1.807) is 36.3 Å². The molecule has 1 aliphatic heterocycles. The Kier molecular flexibility index (Phi) is 8.34. The second-order valence-corrected chi connectivity index (χ2v) is 8.23. The van der Waals surface area contributed by atoms with Gasteiger partial charge in [-0.15, -0.1) is 0 Å². The van der Waals surface area contributed by atoms with Gasteiger partial charge in [0.05, 0.1) is 25.3 Å². The maximum Gasteiger partial charge on any atom is 0.295 e. The molecule has 34 heavy (non-hydrogen) atoms. The summed E-state index contributed by atoms with van der Waals surface area (Å²) in [5, 5.41) is 11.2. The minimum Gasteiger partial charge on any atom is -0.507 e. The maximum atomic E-state index is 13.2. The van der Waals surface area contributed by atoms with Gasteiger partial charge in [0, 0.05) is 18.7 Å². The highest BCUT2D eigenvalue weighted by Gasteiger charge is 2.46. The Labute approximate surface area is 201 Å². The third-order valence-corrected chi connectivity index (χ3v) is 6.22. The first kappa shape index (κ1) is 25.3. The van der Waals surface area contributed by atoms with Crippen LogP contribution in [0.25, 0.3) is 5.76 Å². The van der Waals surface area contributed by atoms with Crippen LogP contribution in [-0.4, -0.2) is 66.5 Å². The van der Waals surface area contributed by atoms with E-state index in [0.29, 0.717) is 42.3 Å². The number of amides is 1. The molecule has 0 aliphatic carbocycles. The number of ether oxygens (including phenoxy) is 2. The van der Waals surface area contributed by atoms with Crippen molar-refractivity contribution < 1.29 is 24.2 Å². The van der Waals surface area contributed by atoms with E-state index in [1.807, 2.05) is 32.0 Å². The van der Waals surface area contributed by atoms with Crippen LogP contribution in [-0.2, 0) is 9.59 Å². The average molecular weight is 467 g/mol. The molecule has 1 atom stereocenters. The third kappa shape index (κ3) is 5.09. The molecule has 7 heteroatoms. The van der Waals surface area contributed by atoms with Gasteiger partial charge >= 0.3 is 0 Å². The number of aryl methyl sites for hydroxylation is 1. The van der Waals surface area contributed by atoms with E-state index >= 15 is 0 Å². The van der Waals surface area contributed by atoms with Gasteiger partial charge in [-0.1, -0.05) is 49.7 Å². The highest BCUT2D eigenvalue weighted by Crippen LogP contribution is 2.41. The molecule has 1 fully saturated rings. The molecule has 1 saturated heterocycles. The average Bonchev–Trinajstić information content (AvgIpc) is 3.10. The number of rotatable bonds is 10. The van der Waals surface area contributed by atoms with Gasteiger partial charge in [0.1, 0.15) is 5.76 Å². The third-order valence-electron chi connectivity index (χ3n) is 6.22. The molecule has 7 nitrogen and oxygen atoms in total. The molecule has 182 valence electrons. The summed E-state index contributed by atoms with van der Waals surface area (Å²) in [6.07, 6.45) is 0. The molecule has 1 amide bonds. The first-order valence-electron chi connectivity index (χ1n) is 11.7. The number of benzene rings is 2. The molecule has 0 aromatic heterocycles. The summed E-state index contributed by atoms with van der Waals surface area (Å²) in [6, 6.07) is 11.9. The lowest BCUT2D eigenvalue weighted by atomic mass is 9.94. The molecule has 1 N–H and O–H groups in total. The van der Waals surface area contributed by atoms with Crippen LogP contribution >= 0.6 is 0 Å². The van der Waals surface area contributed by atoms with E-state index in [1.165, 1.54) is 0 Å². The molecule has 2 aromatic rings. The van der Waals surface area contributed by atoms with Crippen molar-refractivity contribution in [2.45, 2.75) is 33.7 Å². The maximum absolute atomic E-state index is 13.2. The van der Waals surface area contributed by atoms with Crippen LogP contribution in [0.2, 0.25) is 0 Å². The Bertz CT molecular complexity index is 1060. The number of nitrogens with zero attached hydrogens (tertiary/aromatic N) is 2. The van der Waals surface area contributed by atoms with Crippen molar-refractivity contribution in [2.24, 2.45) is 0 Å². The van der Waals surface area contributed by atoms with Crippen LogP contribution in [0, 0.1) is 6.92 Å². The number of hydrogen-bond donors (Lipinski definition) is 1. The number of methoxy groups -OCH3 is 1. The standard InChI is InChI=1S/C27H34N2O5/c1-6-28(7-2)15-16-29-24(20-13-14-21(34-8-3)22(17-20)33-5)23(26(31)27(29)32)25(30)19-11-9-18(4)10-12-19/h9-14,17,24,30H,6-8,15-16H2,1-5H3/b25-23+/t24-/m0/s1. The van der Waals surface area contributed by atoms with Crippen molar-refractivity contribution in [2.75, 3.05) is 39.9 Å². The van der Waals surface area contributed by atoms with Gasteiger partial charge in [0.25, 0.3) is 11.7 Å². The van der Waals surface area contributed by atoms with E-state index in [9.17, 15) is 14.7 Å². The van der Waals surface area contributed by atoms with Gasteiger partial charge in [0.15, 0.2) is 11.5 Å². The summed E-state index contributed by atoms with van der Waals surface area (Å²) >= 11 is 0. The van der Waals surface area contributed by atoms with Crippen molar-refractivity contribution in [3.63, 3.8) is 0 Å². The van der Waals surface area contributed by atoms with Crippen LogP contribution in [0.4, 0.5) is 0 Å². The van der Waals surface area contributed by atoms with E-state index in [4.69, 9.17) is 9.47 Å². The van der Waals surface area contributed by atoms with Crippen LogP contribution in [0.3, 0.4) is 0 Å². The Balaban J connectivity index is 2.14. The topological polar surface area (TPSA) is 79.3 Å². The second kappa shape index (κ2) is 11.2. The van der Waals surface area contributed by atoms with Crippen LogP contribution in [0.1, 0.15) is 43.5 Å². The minimum atomic E-state index is -0.735. The first-order valence-corrected chi connectivity index (χ1v) is 11.7. The van der Waals surface area contributed by atoms with Crippen molar-refractivity contribution in [3.05, 3.63) is 64.7 Å². The predicted molar refractivity (Wildman–Crippen MR) is 132 cm³/mol. The molecule has 1 aliphatic rings. The number of ketones is 1. The van der Waals surface area contributed by atoms with Gasteiger partial charge in [-0.2, -0.15) is 0 Å². The Hall–Kier alpha value is -3.32. The zero-order valence-corrected chi connectivity index (χ0v) is 20.6. The monoisotopic (exact) mass is 466 g/mol. The van der Waals surface area contributed by atoms with Gasteiger partial charge < -0.3 is 24.4 Å². The molecule has 0 spiro atoms. The lowest BCUT2D eigenvalue weighted by Gasteiger charge is -2.28. The van der Waals surface area contributed by atoms with Crippen LogP contribution < -0.4 is 9.47 Å². The number of aliphatic hydroxyl groups is 1. The lowest BCUT2D eigenvalue weighted by Crippen LogP contribution is -2.38. The molecular weight excluding hydrogens is 432 g/mol. The van der Waals surface area contributed by atoms with Crippen molar-refractivity contribution in [3.8, 4) is 11.5 Å². The molecule has 1 heterocycles. The van der Waals surface area contributed by atoms with Crippen molar-refractivity contribution in [1.29, 1.82) is 0 Å². The van der Waals surface area contributed by atoms with E-state index in [-0.39, 0.29) is 11.3 Å². The Morgan fingerprint density at radius 2 is 1.71 bits per heavy atom. The highest BCUT2D eigenvalue weighted by molar-refractivity contribution is 6.46. The quantitative estimate of drug-likeness (QED) is 0.322. The first-order chi connectivity index (χ1) is 16.4. The summed E-state index contributed by atoms with van der Waals surface area (Å²) in [7, 11) is 1.55. The van der Waals surface area contributed by atoms with Gasteiger partial charge in [-0.3, -0.25) is 9.59 Å². The zero-order chi connectivity index (χ0) is 24.8. The SMILES string of the molecule is CCOc1ccc([C@H]2/C(=C(\O)c3ccc(C)cc3)C(=O)C(=O)N2CCN(CC)CC)cc1OC. The van der Waals surface area contributed by atoms with Crippen LogP contribution in [0.15, 0.2) is 48.0 Å². The Morgan fingerprint density at radius 3 is 2.29 bits per heavy atom.